The number of nitrogens with zero attached hydrogens (tertiary/aromatic N) is 1. The van der Waals surface area contributed by atoms with Gasteiger partial charge in [0.1, 0.15) is 0 Å². The summed E-state index contributed by atoms with van der Waals surface area (Å²) >= 11 is 0. The quantitative estimate of drug-likeness (QED) is 0.871. The number of benzene rings is 1. The summed E-state index contributed by atoms with van der Waals surface area (Å²) in [4.78, 5) is 2.26. The number of aryl methyl sites for hydroxylation is 1. The van der Waals surface area contributed by atoms with Gasteiger partial charge in [-0.05, 0) is 43.0 Å². The molecule has 0 bridgehead atoms. The molecule has 1 aliphatic rings. The van der Waals surface area contributed by atoms with Crippen molar-refractivity contribution in [3.8, 4) is 0 Å². The second-order valence-corrected chi connectivity index (χ2v) is 5.76. The van der Waals surface area contributed by atoms with Crippen molar-refractivity contribution in [1.29, 1.82) is 0 Å². The van der Waals surface area contributed by atoms with Crippen LogP contribution in [-0.2, 0) is 13.1 Å². The molecule has 3 rings (SSSR count). The summed E-state index contributed by atoms with van der Waals surface area (Å²) in [7, 11) is 2.12. The Kier molecular flexibility index (Phi) is 3.79. The monoisotopic (exact) mass is 270 g/mol. The summed E-state index contributed by atoms with van der Waals surface area (Å²) in [5, 5.41) is 3.56. The van der Waals surface area contributed by atoms with E-state index in [0.29, 0.717) is 0 Å². The van der Waals surface area contributed by atoms with Crippen LogP contribution in [0, 0.1) is 6.92 Å². The highest BCUT2D eigenvalue weighted by molar-refractivity contribution is 5.54. The summed E-state index contributed by atoms with van der Waals surface area (Å²) in [6, 6.07) is 9.51. The van der Waals surface area contributed by atoms with Crippen LogP contribution in [0.15, 0.2) is 41.2 Å². The Hall–Kier alpha value is -1.74. The van der Waals surface area contributed by atoms with Gasteiger partial charge in [0.2, 0.25) is 0 Å². The van der Waals surface area contributed by atoms with Gasteiger partial charge in [0.25, 0.3) is 0 Å². The van der Waals surface area contributed by atoms with Gasteiger partial charge in [-0.1, -0.05) is 12.1 Å². The van der Waals surface area contributed by atoms with E-state index in [0.717, 1.165) is 19.1 Å². The summed E-state index contributed by atoms with van der Waals surface area (Å²) in [6.07, 6.45) is 6.21. The Balaban J connectivity index is 1.66. The Morgan fingerprint density at radius 2 is 2.10 bits per heavy atom. The maximum absolute atomic E-state index is 5.13. The molecule has 1 N–H and O–H groups in total. The smallest absolute Gasteiger partial charge is 0.0952 e. The normalized spacial score (nSPS) is 14.5. The van der Waals surface area contributed by atoms with Gasteiger partial charge in [0.05, 0.1) is 12.5 Å². The molecule has 0 saturated heterocycles. The van der Waals surface area contributed by atoms with E-state index in [1.165, 1.54) is 35.2 Å². The van der Waals surface area contributed by atoms with E-state index in [2.05, 4.69) is 42.4 Å². The zero-order valence-corrected chi connectivity index (χ0v) is 12.2. The molecule has 1 aromatic carbocycles. The molecule has 1 aliphatic carbocycles. The van der Waals surface area contributed by atoms with E-state index in [9.17, 15) is 0 Å². The van der Waals surface area contributed by atoms with Gasteiger partial charge in [-0.25, -0.2) is 0 Å². The fourth-order valence-electron chi connectivity index (χ4n) is 2.55. The van der Waals surface area contributed by atoms with Crippen molar-refractivity contribution >= 4 is 5.69 Å². The van der Waals surface area contributed by atoms with E-state index in [1.807, 2.05) is 6.07 Å². The van der Waals surface area contributed by atoms with Crippen LogP contribution in [0.25, 0.3) is 0 Å². The van der Waals surface area contributed by atoms with E-state index in [-0.39, 0.29) is 0 Å². The summed E-state index contributed by atoms with van der Waals surface area (Å²) < 4.78 is 5.13. The minimum Gasteiger partial charge on any atom is -0.472 e. The third-order valence-corrected chi connectivity index (χ3v) is 3.84. The second-order valence-electron chi connectivity index (χ2n) is 5.76. The third-order valence-electron chi connectivity index (χ3n) is 3.84. The number of hydrogen-bond acceptors (Lipinski definition) is 3. The third kappa shape index (κ3) is 3.23. The minimum atomic E-state index is 0.763. The van der Waals surface area contributed by atoms with Crippen molar-refractivity contribution < 1.29 is 4.42 Å². The summed E-state index contributed by atoms with van der Waals surface area (Å²) in [6.45, 7) is 4.04. The predicted molar refractivity (Wildman–Crippen MR) is 81.9 cm³/mol. The van der Waals surface area contributed by atoms with Gasteiger partial charge in [-0.15, -0.1) is 0 Å². The molecule has 0 spiro atoms. The Bertz CT molecular complexity index is 558. The first kappa shape index (κ1) is 13.3. The summed E-state index contributed by atoms with van der Waals surface area (Å²) in [5.74, 6) is 0. The zero-order chi connectivity index (χ0) is 13.9. The Morgan fingerprint density at radius 3 is 2.75 bits per heavy atom. The number of rotatable bonds is 6. The molecule has 0 aliphatic heterocycles. The first-order valence-corrected chi connectivity index (χ1v) is 7.27. The highest BCUT2D eigenvalue weighted by Gasteiger charge is 2.20. The molecular formula is C17H22N2O. The van der Waals surface area contributed by atoms with Crippen molar-refractivity contribution in [2.45, 2.75) is 38.9 Å². The van der Waals surface area contributed by atoms with E-state index >= 15 is 0 Å². The highest BCUT2D eigenvalue weighted by Crippen LogP contribution is 2.23. The fourth-order valence-corrected chi connectivity index (χ4v) is 2.55. The predicted octanol–water partition coefficient (Wildman–Crippen LogP) is 3.48. The number of furan rings is 1. The van der Waals surface area contributed by atoms with Gasteiger partial charge in [-0.3, -0.25) is 0 Å². The molecular weight excluding hydrogens is 248 g/mol. The van der Waals surface area contributed by atoms with Crippen LogP contribution >= 0.6 is 0 Å². The maximum atomic E-state index is 5.13. The molecule has 0 unspecified atom stereocenters. The largest absolute Gasteiger partial charge is 0.472 e. The van der Waals surface area contributed by atoms with Crippen LogP contribution in [0.3, 0.4) is 0 Å². The molecule has 20 heavy (non-hydrogen) atoms. The van der Waals surface area contributed by atoms with Crippen molar-refractivity contribution in [3.63, 3.8) is 0 Å². The SMILES string of the molecule is Cc1cc(CNC2CC2)ccc1N(C)Cc1ccoc1. The van der Waals surface area contributed by atoms with Gasteiger partial charge in [0, 0.05) is 37.4 Å². The van der Waals surface area contributed by atoms with E-state index < -0.39 is 0 Å². The lowest BCUT2D eigenvalue weighted by molar-refractivity contribution is 0.563. The average Bonchev–Trinajstić information content (AvgIpc) is 3.13. The molecule has 0 atom stereocenters. The lowest BCUT2D eigenvalue weighted by atomic mass is 10.1. The number of anilines is 1. The van der Waals surface area contributed by atoms with Crippen LogP contribution < -0.4 is 10.2 Å². The van der Waals surface area contributed by atoms with Crippen molar-refractivity contribution in [2.75, 3.05) is 11.9 Å². The molecule has 2 aromatic rings. The van der Waals surface area contributed by atoms with Crippen LogP contribution in [0.2, 0.25) is 0 Å². The van der Waals surface area contributed by atoms with E-state index in [4.69, 9.17) is 4.42 Å². The fraction of sp³-hybridized carbons (Fsp3) is 0.412. The van der Waals surface area contributed by atoms with Crippen molar-refractivity contribution in [2.24, 2.45) is 0 Å². The van der Waals surface area contributed by atoms with Gasteiger partial charge in [0.15, 0.2) is 0 Å². The molecule has 3 nitrogen and oxygen atoms in total. The van der Waals surface area contributed by atoms with Crippen LogP contribution in [0.1, 0.15) is 29.5 Å². The second kappa shape index (κ2) is 5.71. The van der Waals surface area contributed by atoms with Crippen molar-refractivity contribution in [1.82, 2.24) is 5.32 Å². The molecule has 0 radical (unpaired) electrons. The molecule has 1 fully saturated rings. The highest BCUT2D eigenvalue weighted by atomic mass is 16.3. The molecule has 1 heterocycles. The minimum absolute atomic E-state index is 0.763. The summed E-state index contributed by atoms with van der Waals surface area (Å²) in [5.41, 5.74) is 5.17. The molecule has 106 valence electrons. The number of nitrogens with one attached hydrogen (secondary N) is 1. The van der Waals surface area contributed by atoms with Crippen LogP contribution in [-0.4, -0.2) is 13.1 Å². The topological polar surface area (TPSA) is 28.4 Å². The number of hydrogen-bond donors (Lipinski definition) is 1. The first-order valence-electron chi connectivity index (χ1n) is 7.27. The molecule has 1 saturated carbocycles. The maximum Gasteiger partial charge on any atom is 0.0952 e. The van der Waals surface area contributed by atoms with Gasteiger partial charge >= 0.3 is 0 Å². The van der Waals surface area contributed by atoms with Gasteiger partial charge in [-0.2, -0.15) is 0 Å². The zero-order valence-electron chi connectivity index (χ0n) is 12.2. The Morgan fingerprint density at radius 1 is 1.25 bits per heavy atom. The average molecular weight is 270 g/mol. The standard InChI is InChI=1S/C17H22N2O/c1-13-9-14(10-18-16-4-5-16)3-6-17(13)19(2)11-15-7-8-20-12-15/h3,6-9,12,16,18H,4-5,10-11H2,1-2H3. The molecule has 1 aromatic heterocycles. The van der Waals surface area contributed by atoms with Gasteiger partial charge < -0.3 is 14.6 Å². The first-order chi connectivity index (χ1) is 9.72. The molecule has 3 heteroatoms. The molecule has 0 amide bonds. The van der Waals surface area contributed by atoms with Crippen molar-refractivity contribution in [3.05, 3.63) is 53.5 Å². The lowest BCUT2D eigenvalue weighted by Gasteiger charge is -2.21. The van der Waals surface area contributed by atoms with E-state index in [1.54, 1.807) is 12.5 Å². The van der Waals surface area contributed by atoms with Crippen LogP contribution in [0.4, 0.5) is 5.69 Å². The van der Waals surface area contributed by atoms with Crippen LogP contribution in [0.5, 0.6) is 0 Å². The Labute approximate surface area is 120 Å². The lowest BCUT2D eigenvalue weighted by Crippen LogP contribution is -2.18.